The first-order valence-electron chi connectivity index (χ1n) is 13.1. The molecule has 5 rings (SSSR count). The van der Waals surface area contributed by atoms with Gasteiger partial charge in [-0.1, -0.05) is 12.1 Å². The van der Waals surface area contributed by atoms with Crippen LogP contribution in [0.2, 0.25) is 0 Å². The van der Waals surface area contributed by atoms with Gasteiger partial charge in [-0.15, -0.1) is 0 Å². The SMILES string of the molecule is CC(=O)c1c(C)c(C)c(C)c(N2C(=O)c3ccc(C(C)(c4ccc5c(c4)C(=O)N(C)C5=O)C(F)(F)F)cc3C2=O)c1C. The smallest absolute Gasteiger partial charge is 0.294 e. The predicted molar refractivity (Wildman–Crippen MR) is 148 cm³/mol. The first-order valence-corrected chi connectivity index (χ1v) is 13.1. The fraction of sp³-hybridized carbons (Fsp3) is 0.281. The van der Waals surface area contributed by atoms with Crippen LogP contribution in [-0.4, -0.2) is 47.5 Å². The summed E-state index contributed by atoms with van der Waals surface area (Å²) in [5.74, 6) is -3.07. The number of benzene rings is 3. The minimum atomic E-state index is -4.89. The lowest BCUT2D eigenvalue weighted by Crippen LogP contribution is -2.41. The number of ketones is 1. The van der Waals surface area contributed by atoms with E-state index in [1.165, 1.54) is 26.1 Å². The number of carbonyl (C=O) groups excluding carboxylic acids is 5. The molecule has 1 unspecified atom stereocenters. The molecule has 216 valence electrons. The van der Waals surface area contributed by atoms with Crippen molar-refractivity contribution >= 4 is 35.1 Å². The number of anilines is 1. The zero-order valence-electron chi connectivity index (χ0n) is 24.0. The Balaban J connectivity index is 1.67. The number of alkyl halides is 3. The number of amides is 4. The van der Waals surface area contributed by atoms with Gasteiger partial charge in [0.05, 0.1) is 27.9 Å². The fourth-order valence-electron chi connectivity index (χ4n) is 6.11. The molecule has 42 heavy (non-hydrogen) atoms. The van der Waals surface area contributed by atoms with Crippen molar-refractivity contribution in [2.75, 3.05) is 11.9 Å². The van der Waals surface area contributed by atoms with Gasteiger partial charge in [0.15, 0.2) is 5.78 Å². The average molecular weight is 577 g/mol. The van der Waals surface area contributed by atoms with E-state index in [1.807, 2.05) is 0 Å². The number of imide groups is 2. The van der Waals surface area contributed by atoms with E-state index in [2.05, 4.69) is 0 Å². The third kappa shape index (κ3) is 3.70. The van der Waals surface area contributed by atoms with E-state index in [9.17, 15) is 37.1 Å². The van der Waals surface area contributed by atoms with E-state index in [1.54, 1.807) is 27.7 Å². The molecule has 0 N–H and O–H groups in total. The maximum Gasteiger partial charge on any atom is 0.402 e. The van der Waals surface area contributed by atoms with Crippen LogP contribution in [0.3, 0.4) is 0 Å². The Morgan fingerprint density at radius 1 is 0.667 bits per heavy atom. The molecule has 0 saturated carbocycles. The van der Waals surface area contributed by atoms with Gasteiger partial charge >= 0.3 is 6.18 Å². The third-order valence-corrected chi connectivity index (χ3v) is 8.86. The molecule has 10 heteroatoms. The highest BCUT2D eigenvalue weighted by Gasteiger charge is 2.55. The highest BCUT2D eigenvalue weighted by Crippen LogP contribution is 2.48. The summed E-state index contributed by atoms with van der Waals surface area (Å²) in [6, 6.07) is 6.81. The van der Waals surface area contributed by atoms with Gasteiger partial charge in [0.1, 0.15) is 5.41 Å². The number of nitrogens with zero attached hydrogens (tertiary/aromatic N) is 2. The number of hydrogen-bond donors (Lipinski definition) is 0. The Hall–Kier alpha value is -4.60. The van der Waals surface area contributed by atoms with Crippen LogP contribution in [0, 0.1) is 27.7 Å². The number of halogens is 3. The van der Waals surface area contributed by atoms with Gasteiger partial charge in [-0.2, -0.15) is 13.2 Å². The van der Waals surface area contributed by atoms with Crippen LogP contribution in [0.15, 0.2) is 36.4 Å². The Bertz CT molecular complexity index is 1810. The summed E-state index contributed by atoms with van der Waals surface area (Å²) in [6.45, 7) is 9.24. The molecular formula is C32H27F3N2O5. The second-order valence-electron chi connectivity index (χ2n) is 11.0. The van der Waals surface area contributed by atoms with Gasteiger partial charge in [0, 0.05) is 12.6 Å². The Kier molecular flexibility index (Phi) is 6.34. The van der Waals surface area contributed by atoms with E-state index in [0.29, 0.717) is 16.7 Å². The molecule has 1 atom stereocenters. The molecule has 0 fully saturated rings. The van der Waals surface area contributed by atoms with Crippen LogP contribution in [0.4, 0.5) is 18.9 Å². The van der Waals surface area contributed by atoms with Gasteiger partial charge in [0.25, 0.3) is 23.6 Å². The normalized spacial score (nSPS) is 16.2. The van der Waals surface area contributed by atoms with Crippen LogP contribution < -0.4 is 4.90 Å². The van der Waals surface area contributed by atoms with E-state index in [4.69, 9.17) is 0 Å². The molecule has 0 aromatic heterocycles. The van der Waals surface area contributed by atoms with Crippen molar-refractivity contribution in [2.45, 2.75) is 53.1 Å². The molecule has 3 aromatic carbocycles. The van der Waals surface area contributed by atoms with Gasteiger partial charge in [0.2, 0.25) is 0 Å². The molecule has 4 amide bonds. The van der Waals surface area contributed by atoms with E-state index in [-0.39, 0.29) is 44.9 Å². The number of Topliss-reactive ketones (excluding diaryl/α,β-unsaturated/α-hetero) is 1. The van der Waals surface area contributed by atoms with Crippen molar-refractivity contribution in [3.05, 3.63) is 97.6 Å². The molecule has 2 heterocycles. The van der Waals surface area contributed by atoms with E-state index in [0.717, 1.165) is 52.1 Å². The molecule has 0 aliphatic carbocycles. The highest BCUT2D eigenvalue weighted by atomic mass is 19.4. The number of hydrogen-bond acceptors (Lipinski definition) is 5. The summed E-state index contributed by atoms with van der Waals surface area (Å²) >= 11 is 0. The lowest BCUT2D eigenvalue weighted by molar-refractivity contribution is -0.173. The largest absolute Gasteiger partial charge is 0.402 e. The standard InChI is InChI=1S/C32H27F3N2O5/c1-14-15(2)25(18(5)38)17(4)26(16(14)3)37-29(41)22-11-9-20(13-24(22)30(37)42)31(6,32(33,34)35)19-8-10-21-23(12-19)28(40)36(7)27(21)39/h8-13H,1-7H3. The quantitative estimate of drug-likeness (QED) is 0.280. The van der Waals surface area contributed by atoms with Crippen LogP contribution >= 0.6 is 0 Å². The summed E-state index contributed by atoms with van der Waals surface area (Å²) in [6.07, 6.45) is -4.89. The molecule has 2 aliphatic rings. The van der Waals surface area contributed by atoms with Crippen LogP contribution in [0.1, 0.15) is 99.0 Å². The van der Waals surface area contributed by atoms with Gasteiger partial charge in [-0.05, 0) is 99.2 Å². The monoisotopic (exact) mass is 576 g/mol. The van der Waals surface area contributed by atoms with Crippen LogP contribution in [0.25, 0.3) is 0 Å². The van der Waals surface area contributed by atoms with E-state index >= 15 is 0 Å². The molecule has 0 radical (unpaired) electrons. The van der Waals surface area contributed by atoms with Crippen molar-refractivity contribution < 1.29 is 37.1 Å². The van der Waals surface area contributed by atoms with Crippen molar-refractivity contribution in [3.8, 4) is 0 Å². The first kappa shape index (κ1) is 28.9. The molecule has 0 saturated heterocycles. The molecule has 0 spiro atoms. The predicted octanol–water partition coefficient (Wildman–Crippen LogP) is 6.02. The lowest BCUT2D eigenvalue weighted by Gasteiger charge is -2.33. The topological polar surface area (TPSA) is 91.8 Å². The third-order valence-electron chi connectivity index (χ3n) is 8.86. The number of carbonyl (C=O) groups is 5. The molecule has 3 aromatic rings. The summed E-state index contributed by atoms with van der Waals surface area (Å²) in [7, 11) is 1.25. The highest BCUT2D eigenvalue weighted by molar-refractivity contribution is 6.35. The Morgan fingerprint density at radius 2 is 1.12 bits per heavy atom. The lowest BCUT2D eigenvalue weighted by atomic mass is 9.74. The van der Waals surface area contributed by atoms with Crippen molar-refractivity contribution in [3.63, 3.8) is 0 Å². The zero-order chi connectivity index (χ0) is 31.2. The van der Waals surface area contributed by atoms with Gasteiger partial charge in [-0.25, -0.2) is 4.90 Å². The Morgan fingerprint density at radius 3 is 1.62 bits per heavy atom. The second-order valence-corrected chi connectivity index (χ2v) is 11.0. The fourth-order valence-corrected chi connectivity index (χ4v) is 6.11. The van der Waals surface area contributed by atoms with Gasteiger partial charge in [-0.3, -0.25) is 28.9 Å². The van der Waals surface area contributed by atoms with Crippen LogP contribution in [-0.2, 0) is 5.41 Å². The van der Waals surface area contributed by atoms with Crippen LogP contribution in [0.5, 0.6) is 0 Å². The summed E-state index contributed by atoms with van der Waals surface area (Å²) in [5, 5.41) is 0. The second kappa shape index (κ2) is 9.20. The molecular weight excluding hydrogens is 549 g/mol. The van der Waals surface area contributed by atoms with Crippen molar-refractivity contribution in [2.24, 2.45) is 0 Å². The zero-order valence-corrected chi connectivity index (χ0v) is 24.0. The molecule has 0 bridgehead atoms. The summed E-state index contributed by atoms with van der Waals surface area (Å²) in [5.41, 5.74) is -0.635. The van der Waals surface area contributed by atoms with E-state index < -0.39 is 35.2 Å². The first-order chi connectivity index (χ1) is 19.4. The van der Waals surface area contributed by atoms with Crippen molar-refractivity contribution in [1.82, 2.24) is 4.90 Å². The minimum absolute atomic E-state index is 0.00482. The average Bonchev–Trinajstić information content (AvgIpc) is 3.30. The number of rotatable bonds is 4. The maximum atomic E-state index is 14.9. The number of fused-ring (bicyclic) bond motifs is 2. The Labute approximate surface area is 239 Å². The summed E-state index contributed by atoms with van der Waals surface area (Å²) < 4.78 is 44.7. The maximum absolute atomic E-state index is 14.9. The van der Waals surface area contributed by atoms with Gasteiger partial charge < -0.3 is 0 Å². The molecule has 2 aliphatic heterocycles. The molecule has 7 nitrogen and oxygen atoms in total. The minimum Gasteiger partial charge on any atom is -0.294 e. The van der Waals surface area contributed by atoms with Crippen molar-refractivity contribution in [1.29, 1.82) is 0 Å². The summed E-state index contributed by atoms with van der Waals surface area (Å²) in [4.78, 5) is 66.4.